The number of carbonyl (C=O) groups excluding carboxylic acids is 1. The molecule has 1 aromatic heterocycles. The lowest BCUT2D eigenvalue weighted by atomic mass is 10.1. The molecule has 25 heavy (non-hydrogen) atoms. The second-order valence-electron chi connectivity index (χ2n) is 6.10. The Morgan fingerprint density at radius 2 is 2.20 bits per heavy atom. The van der Waals surface area contributed by atoms with E-state index < -0.39 is 5.97 Å². The van der Waals surface area contributed by atoms with E-state index in [0.29, 0.717) is 47.2 Å². The monoisotopic (exact) mass is 336 g/mol. The molecule has 1 aliphatic carbocycles. The highest BCUT2D eigenvalue weighted by Crippen LogP contribution is 2.57. The van der Waals surface area contributed by atoms with Crippen molar-refractivity contribution < 1.29 is 24.2 Å². The van der Waals surface area contributed by atoms with E-state index in [4.69, 9.17) is 14.6 Å². The molecule has 7 nitrogen and oxygen atoms in total. The summed E-state index contributed by atoms with van der Waals surface area (Å²) in [6, 6.07) is 7.11. The van der Waals surface area contributed by atoms with Crippen molar-refractivity contribution in [2.24, 2.45) is 0 Å². The summed E-state index contributed by atoms with van der Waals surface area (Å²) < 4.78 is 11.5. The number of carboxylic acids is 1. The number of nitrogens with zero attached hydrogens (tertiary/aromatic N) is 1. The number of aliphatic carboxylic acids is 1. The van der Waals surface area contributed by atoms with Gasteiger partial charge in [0.2, 0.25) is 5.91 Å². The molecule has 2 aliphatic heterocycles. The van der Waals surface area contributed by atoms with Gasteiger partial charge in [0, 0.05) is 23.7 Å². The minimum absolute atomic E-state index is 0.0552. The topological polar surface area (TPSA) is 97.8 Å². The van der Waals surface area contributed by atoms with Crippen LogP contribution in [0, 0.1) is 0 Å². The number of hydrogen-bond acceptors (Lipinski definition) is 5. The number of anilines is 1. The molecule has 0 bridgehead atoms. The highest BCUT2D eigenvalue weighted by atomic mass is 16.5. The molecule has 0 saturated carbocycles. The predicted molar refractivity (Wildman–Crippen MR) is 85.7 cm³/mol. The van der Waals surface area contributed by atoms with Crippen LogP contribution < -0.4 is 14.8 Å². The highest BCUT2D eigenvalue weighted by Gasteiger charge is 2.51. The van der Waals surface area contributed by atoms with Gasteiger partial charge in [0.1, 0.15) is 28.8 Å². The highest BCUT2D eigenvalue weighted by molar-refractivity contribution is 5.98. The first-order valence-electron chi connectivity index (χ1n) is 7.86. The third-order valence-electron chi connectivity index (χ3n) is 4.58. The maximum atomic E-state index is 11.5. The van der Waals surface area contributed by atoms with Crippen molar-refractivity contribution in [3.63, 3.8) is 0 Å². The first-order valence-corrected chi connectivity index (χ1v) is 7.86. The van der Waals surface area contributed by atoms with Crippen LogP contribution in [-0.4, -0.2) is 22.0 Å². The van der Waals surface area contributed by atoms with Crippen LogP contribution in [0.3, 0.4) is 0 Å². The van der Waals surface area contributed by atoms with Gasteiger partial charge in [0.15, 0.2) is 0 Å². The molecule has 3 aliphatic rings. The van der Waals surface area contributed by atoms with Gasteiger partial charge in [-0.05, 0) is 30.7 Å². The number of nitrogens with one attached hydrogen (secondary N) is 1. The Balaban J connectivity index is 1.45. The van der Waals surface area contributed by atoms with Crippen molar-refractivity contribution in [2.75, 3.05) is 5.32 Å². The third-order valence-corrected chi connectivity index (χ3v) is 4.58. The summed E-state index contributed by atoms with van der Waals surface area (Å²) in [6.07, 6.45) is 2.54. The quantitative estimate of drug-likeness (QED) is 0.894. The maximum Gasteiger partial charge on any atom is 0.336 e. The molecule has 0 saturated heterocycles. The number of pyridine rings is 1. The molecular formula is C18H12N2O5. The largest absolute Gasteiger partial charge is 0.478 e. The van der Waals surface area contributed by atoms with E-state index in [0.717, 1.165) is 11.1 Å². The van der Waals surface area contributed by atoms with E-state index in [9.17, 15) is 9.59 Å². The molecule has 5 rings (SSSR count). The standard InChI is InChI=1S/C18H12N2O5/c21-13-4-2-9-12(5-6-19-17(9)20-13)24-8-1-3-11-10(7-8)14-15(18(22)23)16(14)25-11/h1,3,5-7,14H,2,4H2,(H,22,23)(H,19,20,21). The zero-order chi connectivity index (χ0) is 17.1. The number of carboxylic acid groups (broad SMARTS) is 1. The third kappa shape index (κ3) is 2.09. The lowest BCUT2D eigenvalue weighted by Gasteiger charge is -2.19. The van der Waals surface area contributed by atoms with Gasteiger partial charge in [0.05, 0.1) is 11.5 Å². The molecular weight excluding hydrogens is 324 g/mol. The molecule has 0 fully saturated rings. The van der Waals surface area contributed by atoms with Crippen LogP contribution in [0.25, 0.3) is 0 Å². The fraction of sp³-hybridized carbons (Fsp3) is 0.167. The van der Waals surface area contributed by atoms with Crippen molar-refractivity contribution in [2.45, 2.75) is 18.8 Å². The number of benzene rings is 1. The summed E-state index contributed by atoms with van der Waals surface area (Å²) in [7, 11) is 0. The summed E-state index contributed by atoms with van der Waals surface area (Å²) in [5, 5.41) is 11.9. The Hall–Kier alpha value is -3.35. The average Bonchev–Trinajstić information content (AvgIpc) is 3.19. The van der Waals surface area contributed by atoms with E-state index in [2.05, 4.69) is 10.3 Å². The van der Waals surface area contributed by atoms with Crippen LogP contribution in [0.2, 0.25) is 0 Å². The second kappa shape index (κ2) is 4.83. The minimum atomic E-state index is -0.948. The maximum absolute atomic E-state index is 11.5. The Kier molecular flexibility index (Phi) is 2.71. The van der Waals surface area contributed by atoms with Crippen LogP contribution >= 0.6 is 0 Å². The van der Waals surface area contributed by atoms with Crippen molar-refractivity contribution in [3.05, 3.63) is 52.9 Å². The molecule has 0 spiro atoms. The number of amides is 1. The number of aromatic nitrogens is 1. The van der Waals surface area contributed by atoms with Crippen molar-refractivity contribution >= 4 is 17.7 Å². The Morgan fingerprint density at radius 3 is 3.04 bits per heavy atom. The lowest BCUT2D eigenvalue weighted by molar-refractivity contribution is -0.132. The van der Waals surface area contributed by atoms with Crippen molar-refractivity contribution in [1.29, 1.82) is 0 Å². The summed E-state index contributed by atoms with van der Waals surface area (Å²) in [5.41, 5.74) is 1.98. The molecule has 1 amide bonds. The summed E-state index contributed by atoms with van der Waals surface area (Å²) >= 11 is 0. The number of rotatable bonds is 3. The van der Waals surface area contributed by atoms with Crippen LogP contribution in [-0.2, 0) is 16.0 Å². The van der Waals surface area contributed by atoms with Crippen molar-refractivity contribution in [1.82, 2.24) is 4.98 Å². The normalized spacial score (nSPS) is 19.4. The first kappa shape index (κ1) is 14.0. The van der Waals surface area contributed by atoms with Gasteiger partial charge in [-0.2, -0.15) is 0 Å². The summed E-state index contributed by atoms with van der Waals surface area (Å²) in [6.45, 7) is 0. The summed E-state index contributed by atoms with van der Waals surface area (Å²) in [5.74, 6) is 1.66. The number of hydrogen-bond donors (Lipinski definition) is 2. The average molecular weight is 336 g/mol. The lowest BCUT2D eigenvalue weighted by Crippen LogP contribution is -2.20. The molecule has 7 heteroatoms. The smallest absolute Gasteiger partial charge is 0.336 e. The predicted octanol–water partition coefficient (Wildman–Crippen LogP) is 2.59. The molecule has 1 aromatic carbocycles. The molecule has 2 aromatic rings. The number of fused-ring (bicyclic) bond motifs is 4. The fourth-order valence-electron chi connectivity index (χ4n) is 3.35. The van der Waals surface area contributed by atoms with Crippen LogP contribution in [0.1, 0.15) is 23.5 Å². The van der Waals surface area contributed by atoms with Gasteiger partial charge in [-0.3, -0.25) is 4.79 Å². The first-order chi connectivity index (χ1) is 12.1. The Morgan fingerprint density at radius 1 is 1.32 bits per heavy atom. The number of ether oxygens (including phenoxy) is 2. The van der Waals surface area contributed by atoms with Gasteiger partial charge in [-0.25, -0.2) is 9.78 Å². The van der Waals surface area contributed by atoms with E-state index in [-0.39, 0.29) is 11.8 Å². The van der Waals surface area contributed by atoms with E-state index in [1.165, 1.54) is 0 Å². The summed E-state index contributed by atoms with van der Waals surface area (Å²) in [4.78, 5) is 26.8. The van der Waals surface area contributed by atoms with E-state index >= 15 is 0 Å². The van der Waals surface area contributed by atoms with Gasteiger partial charge in [-0.15, -0.1) is 0 Å². The zero-order valence-corrected chi connectivity index (χ0v) is 12.9. The van der Waals surface area contributed by atoms with Gasteiger partial charge < -0.3 is 19.9 Å². The molecule has 124 valence electrons. The zero-order valence-electron chi connectivity index (χ0n) is 12.9. The SMILES string of the molecule is O=C1CCc2c(Oc3ccc4c(c3)C3C(=C3C(=O)O)O4)ccnc2N1. The van der Waals surface area contributed by atoms with E-state index in [1.807, 2.05) is 0 Å². The molecule has 1 atom stereocenters. The molecule has 1 unspecified atom stereocenters. The molecule has 3 heterocycles. The van der Waals surface area contributed by atoms with Crippen molar-refractivity contribution in [3.8, 4) is 17.2 Å². The van der Waals surface area contributed by atoms with Gasteiger partial charge >= 0.3 is 5.97 Å². The van der Waals surface area contributed by atoms with Gasteiger partial charge in [-0.1, -0.05) is 0 Å². The minimum Gasteiger partial charge on any atom is -0.478 e. The van der Waals surface area contributed by atoms with Crippen LogP contribution in [0.4, 0.5) is 5.82 Å². The fourth-order valence-corrected chi connectivity index (χ4v) is 3.35. The van der Waals surface area contributed by atoms with Crippen LogP contribution in [0.15, 0.2) is 41.8 Å². The van der Waals surface area contributed by atoms with E-state index in [1.54, 1.807) is 30.5 Å². The second-order valence-corrected chi connectivity index (χ2v) is 6.10. The Labute approximate surface area is 141 Å². The van der Waals surface area contributed by atoms with Gasteiger partial charge in [0.25, 0.3) is 0 Å². The molecule has 0 radical (unpaired) electrons. The number of carbonyl (C=O) groups is 2. The molecule has 2 N–H and O–H groups in total. The van der Waals surface area contributed by atoms with Crippen LogP contribution in [0.5, 0.6) is 17.2 Å². The Bertz CT molecular complexity index is 995. The number of allylic oxidation sites excluding steroid dienone is 1.